The van der Waals surface area contributed by atoms with Crippen molar-refractivity contribution in [1.82, 2.24) is 5.32 Å². The molecule has 1 aromatic rings. The Hall–Kier alpha value is -1.79. The Morgan fingerprint density at radius 2 is 1.74 bits per heavy atom. The third kappa shape index (κ3) is 5.73. The van der Waals surface area contributed by atoms with Crippen molar-refractivity contribution in [2.75, 3.05) is 13.7 Å². The number of carbonyl (C=O) groups excluding carboxylic acids is 1. The summed E-state index contributed by atoms with van der Waals surface area (Å²) in [6, 6.07) is 3.51. The second kappa shape index (κ2) is 7.66. The monoisotopic (exact) mass is 325 g/mol. The molecule has 6 nitrogen and oxygen atoms in total. The number of hydrogen-bond donors (Lipinski definition) is 3. The smallest absolute Gasteiger partial charge is 0.407 e. The molecule has 2 unspecified atom stereocenters. The number of amides is 1. The molecule has 0 bridgehead atoms. The first-order valence-corrected chi connectivity index (χ1v) is 7.53. The molecule has 0 fully saturated rings. The predicted molar refractivity (Wildman–Crippen MR) is 87.7 cm³/mol. The number of carbonyl (C=O) groups is 1. The maximum Gasteiger partial charge on any atom is 0.407 e. The number of aryl methyl sites for hydroxylation is 2. The molecule has 1 aromatic carbocycles. The molecule has 23 heavy (non-hydrogen) atoms. The lowest BCUT2D eigenvalue weighted by molar-refractivity contribution is 0.0128. The van der Waals surface area contributed by atoms with Crippen LogP contribution in [-0.2, 0) is 4.74 Å². The second-order valence-electron chi connectivity index (χ2n) is 6.58. The number of benzene rings is 1. The lowest BCUT2D eigenvalue weighted by Crippen LogP contribution is -2.38. The highest BCUT2D eigenvalue weighted by atomic mass is 16.6. The van der Waals surface area contributed by atoms with Gasteiger partial charge < -0.3 is 25.0 Å². The molecule has 0 saturated heterocycles. The van der Waals surface area contributed by atoms with Crippen molar-refractivity contribution in [3.63, 3.8) is 0 Å². The van der Waals surface area contributed by atoms with Crippen LogP contribution in [0.25, 0.3) is 0 Å². The van der Waals surface area contributed by atoms with Crippen LogP contribution in [0.1, 0.15) is 43.6 Å². The largest absolute Gasteiger partial charge is 0.496 e. The lowest BCUT2D eigenvalue weighted by atomic mass is 9.98. The zero-order valence-electron chi connectivity index (χ0n) is 14.6. The lowest BCUT2D eigenvalue weighted by Gasteiger charge is -2.23. The number of alkyl carbamates (subject to hydrolysis) is 1. The molecule has 0 heterocycles. The summed E-state index contributed by atoms with van der Waals surface area (Å²) in [6.07, 6.45) is -2.89. The average molecular weight is 325 g/mol. The van der Waals surface area contributed by atoms with Crippen molar-refractivity contribution in [2.45, 2.75) is 52.4 Å². The zero-order chi connectivity index (χ0) is 17.8. The molecule has 0 spiro atoms. The van der Waals surface area contributed by atoms with E-state index >= 15 is 0 Å². The molecule has 1 amide bonds. The van der Waals surface area contributed by atoms with Crippen LogP contribution in [0.3, 0.4) is 0 Å². The minimum atomic E-state index is -1.14. The van der Waals surface area contributed by atoms with E-state index in [-0.39, 0.29) is 6.54 Å². The van der Waals surface area contributed by atoms with Crippen molar-refractivity contribution in [1.29, 1.82) is 0 Å². The van der Waals surface area contributed by atoms with Gasteiger partial charge in [-0.2, -0.15) is 0 Å². The molecule has 0 radical (unpaired) electrons. The highest BCUT2D eigenvalue weighted by Gasteiger charge is 2.22. The Morgan fingerprint density at radius 3 is 2.17 bits per heavy atom. The van der Waals surface area contributed by atoms with Gasteiger partial charge >= 0.3 is 6.09 Å². The molecule has 0 aliphatic heterocycles. The maximum atomic E-state index is 11.6. The van der Waals surface area contributed by atoms with Gasteiger partial charge in [0.15, 0.2) is 0 Å². The van der Waals surface area contributed by atoms with Gasteiger partial charge in [-0.15, -0.1) is 0 Å². The van der Waals surface area contributed by atoms with Gasteiger partial charge in [-0.05, 0) is 63.4 Å². The third-order valence-electron chi connectivity index (χ3n) is 3.25. The number of ether oxygens (including phenoxy) is 2. The Balaban J connectivity index is 2.70. The Morgan fingerprint density at radius 1 is 1.22 bits per heavy atom. The summed E-state index contributed by atoms with van der Waals surface area (Å²) in [7, 11) is 1.59. The molecule has 1 rings (SSSR count). The summed E-state index contributed by atoms with van der Waals surface area (Å²) in [4.78, 5) is 11.6. The maximum absolute atomic E-state index is 11.6. The summed E-state index contributed by atoms with van der Waals surface area (Å²) < 4.78 is 10.4. The highest BCUT2D eigenvalue weighted by Crippen LogP contribution is 2.28. The fraction of sp³-hybridized carbons (Fsp3) is 0.588. The zero-order valence-corrected chi connectivity index (χ0v) is 14.6. The molecule has 130 valence electrons. The molecule has 0 aliphatic carbocycles. The van der Waals surface area contributed by atoms with E-state index in [1.807, 2.05) is 13.8 Å². The molecule has 6 heteroatoms. The Labute approximate surface area is 137 Å². The van der Waals surface area contributed by atoms with Gasteiger partial charge in [0.25, 0.3) is 0 Å². The first-order valence-electron chi connectivity index (χ1n) is 7.53. The van der Waals surface area contributed by atoms with Crippen molar-refractivity contribution >= 4 is 6.09 Å². The van der Waals surface area contributed by atoms with Gasteiger partial charge in [0.2, 0.25) is 0 Å². The van der Waals surface area contributed by atoms with Crippen molar-refractivity contribution in [3.8, 4) is 5.75 Å². The van der Waals surface area contributed by atoms with Crippen molar-refractivity contribution < 1.29 is 24.5 Å². The standard InChI is InChI=1S/C17H27NO5/c1-10-7-12(8-11(2)15(10)22-6)14(20)13(19)9-18-16(21)23-17(3,4)5/h7-8,13-14,19-20H,9H2,1-6H3,(H,18,21). The Bertz CT molecular complexity index is 527. The van der Waals surface area contributed by atoms with Crippen LogP contribution < -0.4 is 10.1 Å². The number of methoxy groups -OCH3 is 1. The number of rotatable bonds is 5. The van der Waals surface area contributed by atoms with E-state index in [0.29, 0.717) is 5.56 Å². The van der Waals surface area contributed by atoms with Crippen molar-refractivity contribution in [3.05, 3.63) is 28.8 Å². The topological polar surface area (TPSA) is 88.0 Å². The molecule has 3 N–H and O–H groups in total. The highest BCUT2D eigenvalue weighted by molar-refractivity contribution is 5.67. The van der Waals surface area contributed by atoms with E-state index in [9.17, 15) is 15.0 Å². The van der Waals surface area contributed by atoms with E-state index in [1.54, 1.807) is 40.0 Å². The SMILES string of the molecule is COc1c(C)cc(C(O)C(O)CNC(=O)OC(C)(C)C)cc1C. The van der Waals surface area contributed by atoms with E-state index in [0.717, 1.165) is 16.9 Å². The minimum Gasteiger partial charge on any atom is -0.496 e. The number of nitrogens with one attached hydrogen (secondary N) is 1. The molecular formula is C17H27NO5. The van der Waals surface area contributed by atoms with Crippen molar-refractivity contribution in [2.24, 2.45) is 0 Å². The number of aliphatic hydroxyl groups is 2. The van der Waals surface area contributed by atoms with Gasteiger partial charge in [-0.3, -0.25) is 0 Å². The molecule has 2 atom stereocenters. The fourth-order valence-electron chi connectivity index (χ4n) is 2.31. The van der Waals surface area contributed by atoms with Gasteiger partial charge in [0.1, 0.15) is 23.6 Å². The van der Waals surface area contributed by atoms with Gasteiger partial charge in [-0.1, -0.05) is 0 Å². The predicted octanol–water partition coefficient (Wildman–Crippen LogP) is 2.23. The quantitative estimate of drug-likeness (QED) is 0.772. The molecule has 0 aromatic heterocycles. The summed E-state index contributed by atoms with van der Waals surface area (Å²) in [5.74, 6) is 0.752. The molecular weight excluding hydrogens is 298 g/mol. The molecule has 0 aliphatic rings. The second-order valence-corrected chi connectivity index (χ2v) is 6.58. The van der Waals surface area contributed by atoms with E-state index < -0.39 is 23.9 Å². The summed E-state index contributed by atoms with van der Waals surface area (Å²) in [5, 5.41) is 22.8. The third-order valence-corrected chi connectivity index (χ3v) is 3.25. The van der Waals surface area contributed by atoms with E-state index in [2.05, 4.69) is 5.32 Å². The van der Waals surface area contributed by atoms with Crippen LogP contribution in [0, 0.1) is 13.8 Å². The van der Waals surface area contributed by atoms with Crippen LogP contribution in [0.2, 0.25) is 0 Å². The fourth-order valence-corrected chi connectivity index (χ4v) is 2.31. The van der Waals surface area contributed by atoms with Crippen LogP contribution in [0.4, 0.5) is 4.79 Å². The van der Waals surface area contributed by atoms with E-state index in [1.165, 1.54) is 0 Å². The first-order chi connectivity index (χ1) is 10.5. The minimum absolute atomic E-state index is 0.111. The van der Waals surface area contributed by atoms with Gasteiger partial charge in [0, 0.05) is 6.54 Å². The summed E-state index contributed by atoms with van der Waals surface area (Å²) in [5.41, 5.74) is 1.69. The first kappa shape index (κ1) is 19.3. The number of hydrogen-bond acceptors (Lipinski definition) is 5. The normalized spacial score (nSPS) is 14.1. The number of aliphatic hydroxyl groups excluding tert-OH is 2. The summed E-state index contributed by atoms with van der Waals surface area (Å²) >= 11 is 0. The summed E-state index contributed by atoms with van der Waals surface area (Å²) in [6.45, 7) is 8.88. The average Bonchev–Trinajstić information content (AvgIpc) is 2.41. The van der Waals surface area contributed by atoms with Gasteiger partial charge in [-0.25, -0.2) is 4.79 Å². The van der Waals surface area contributed by atoms with Gasteiger partial charge in [0.05, 0.1) is 7.11 Å². The Kier molecular flexibility index (Phi) is 6.41. The van der Waals surface area contributed by atoms with Crippen LogP contribution >= 0.6 is 0 Å². The van der Waals surface area contributed by atoms with E-state index in [4.69, 9.17) is 9.47 Å². The molecule has 0 saturated carbocycles. The van der Waals surface area contributed by atoms with Crippen LogP contribution in [0.15, 0.2) is 12.1 Å². The van der Waals surface area contributed by atoms with Crippen LogP contribution in [0.5, 0.6) is 5.75 Å². The van der Waals surface area contributed by atoms with Crippen LogP contribution in [-0.4, -0.2) is 41.7 Å².